The fourth-order valence-corrected chi connectivity index (χ4v) is 2.61. The number of nitrogens with one attached hydrogen (secondary N) is 2. The lowest BCUT2D eigenvalue weighted by Crippen LogP contribution is -2.49. The second-order valence-electron chi connectivity index (χ2n) is 5.43. The molecular formula is C17H27N5O. The van der Waals surface area contributed by atoms with Crippen molar-refractivity contribution >= 4 is 17.6 Å². The Labute approximate surface area is 138 Å². The van der Waals surface area contributed by atoms with Crippen LogP contribution in [-0.4, -0.2) is 62.6 Å². The van der Waals surface area contributed by atoms with Crippen molar-refractivity contribution in [1.29, 1.82) is 0 Å². The second kappa shape index (κ2) is 9.02. The molecule has 1 saturated heterocycles. The van der Waals surface area contributed by atoms with Gasteiger partial charge in [-0.05, 0) is 26.0 Å². The smallest absolute Gasteiger partial charge is 0.244 e. The number of anilines is 1. The van der Waals surface area contributed by atoms with Crippen LogP contribution in [0.2, 0.25) is 0 Å². The molecule has 0 atom stereocenters. The van der Waals surface area contributed by atoms with Gasteiger partial charge in [0, 0.05) is 45.0 Å². The number of nitrogens with zero attached hydrogens (tertiary/aromatic N) is 3. The van der Waals surface area contributed by atoms with Crippen molar-refractivity contribution in [2.75, 3.05) is 50.7 Å². The van der Waals surface area contributed by atoms with Gasteiger partial charge < -0.3 is 20.4 Å². The summed E-state index contributed by atoms with van der Waals surface area (Å²) in [5.41, 5.74) is 1.22. The number of piperazine rings is 1. The van der Waals surface area contributed by atoms with E-state index in [1.165, 1.54) is 5.69 Å². The summed E-state index contributed by atoms with van der Waals surface area (Å²) in [6.45, 7) is 9.03. The predicted molar refractivity (Wildman–Crippen MR) is 94.9 cm³/mol. The number of rotatable bonds is 5. The van der Waals surface area contributed by atoms with Crippen LogP contribution in [0.4, 0.5) is 5.69 Å². The Bertz CT molecular complexity index is 501. The summed E-state index contributed by atoms with van der Waals surface area (Å²) in [4.78, 5) is 20.9. The first kappa shape index (κ1) is 17.1. The standard InChI is InChI=1S/C17H27N5O/c1-3-18-17(19-4-2)20-14-16(23)22-12-10-21(11-13-22)15-8-6-5-7-9-15/h5-9H,3-4,10-14H2,1-2H3,(H2,18,19,20). The van der Waals surface area contributed by atoms with E-state index in [1.807, 2.05) is 36.9 Å². The number of hydrogen-bond donors (Lipinski definition) is 2. The minimum atomic E-state index is 0.0889. The minimum absolute atomic E-state index is 0.0889. The molecule has 1 fully saturated rings. The summed E-state index contributed by atoms with van der Waals surface area (Å²) in [7, 11) is 0. The lowest BCUT2D eigenvalue weighted by Gasteiger charge is -2.36. The number of benzene rings is 1. The summed E-state index contributed by atoms with van der Waals surface area (Å²) in [5.74, 6) is 0.789. The summed E-state index contributed by atoms with van der Waals surface area (Å²) >= 11 is 0. The van der Waals surface area contributed by atoms with Crippen molar-refractivity contribution in [3.63, 3.8) is 0 Å². The van der Waals surface area contributed by atoms with Gasteiger partial charge in [0.2, 0.25) is 5.91 Å². The lowest BCUT2D eigenvalue weighted by molar-refractivity contribution is -0.129. The number of para-hydroxylation sites is 1. The Morgan fingerprint density at radius 2 is 1.65 bits per heavy atom. The maximum Gasteiger partial charge on any atom is 0.244 e. The average molecular weight is 317 g/mol. The Hall–Kier alpha value is -2.24. The largest absolute Gasteiger partial charge is 0.368 e. The van der Waals surface area contributed by atoms with Crippen LogP contribution < -0.4 is 15.5 Å². The molecule has 1 aliphatic heterocycles. The van der Waals surface area contributed by atoms with E-state index < -0.39 is 0 Å². The molecule has 0 unspecified atom stereocenters. The monoisotopic (exact) mass is 317 g/mol. The van der Waals surface area contributed by atoms with E-state index in [2.05, 4.69) is 32.7 Å². The summed E-state index contributed by atoms with van der Waals surface area (Å²) in [5, 5.41) is 6.26. The highest BCUT2D eigenvalue weighted by Crippen LogP contribution is 2.15. The maximum atomic E-state index is 12.3. The lowest BCUT2D eigenvalue weighted by atomic mass is 10.2. The van der Waals surface area contributed by atoms with Gasteiger partial charge in [0.25, 0.3) is 0 Å². The van der Waals surface area contributed by atoms with Crippen molar-refractivity contribution in [2.24, 2.45) is 4.99 Å². The molecule has 1 heterocycles. The van der Waals surface area contributed by atoms with Crippen molar-refractivity contribution in [1.82, 2.24) is 15.5 Å². The molecular weight excluding hydrogens is 290 g/mol. The highest BCUT2D eigenvalue weighted by Gasteiger charge is 2.20. The number of amides is 1. The molecule has 1 amide bonds. The number of guanidine groups is 1. The van der Waals surface area contributed by atoms with E-state index in [4.69, 9.17) is 0 Å². The van der Waals surface area contributed by atoms with Crippen LogP contribution in [0.25, 0.3) is 0 Å². The molecule has 23 heavy (non-hydrogen) atoms. The van der Waals surface area contributed by atoms with Crippen LogP contribution in [0.5, 0.6) is 0 Å². The SMILES string of the molecule is CCNC(=NCC(=O)N1CCN(c2ccccc2)CC1)NCC. The molecule has 1 aromatic rings. The Kier molecular flexibility index (Phi) is 6.72. The zero-order chi connectivity index (χ0) is 16.5. The van der Waals surface area contributed by atoms with Gasteiger partial charge in [-0.15, -0.1) is 0 Å². The first-order valence-electron chi connectivity index (χ1n) is 8.34. The molecule has 2 rings (SSSR count). The van der Waals surface area contributed by atoms with Crippen LogP contribution in [0, 0.1) is 0 Å². The van der Waals surface area contributed by atoms with E-state index in [-0.39, 0.29) is 12.5 Å². The van der Waals surface area contributed by atoms with Crippen LogP contribution in [0.3, 0.4) is 0 Å². The Morgan fingerprint density at radius 1 is 1.04 bits per heavy atom. The molecule has 126 valence electrons. The molecule has 0 radical (unpaired) electrons. The maximum absolute atomic E-state index is 12.3. The summed E-state index contributed by atoms with van der Waals surface area (Å²) in [6.07, 6.45) is 0. The molecule has 1 aromatic carbocycles. The van der Waals surface area contributed by atoms with Crippen molar-refractivity contribution in [2.45, 2.75) is 13.8 Å². The van der Waals surface area contributed by atoms with Gasteiger partial charge in [-0.2, -0.15) is 0 Å². The first-order chi connectivity index (χ1) is 11.2. The molecule has 0 aliphatic carbocycles. The number of carbonyl (C=O) groups excluding carboxylic acids is 1. The molecule has 6 heteroatoms. The number of aliphatic imine (C=N–C) groups is 1. The van der Waals surface area contributed by atoms with Crippen molar-refractivity contribution in [3.8, 4) is 0 Å². The second-order valence-corrected chi connectivity index (χ2v) is 5.43. The molecule has 0 spiro atoms. The van der Waals surface area contributed by atoms with E-state index in [9.17, 15) is 4.79 Å². The van der Waals surface area contributed by atoms with Crippen LogP contribution in [0.1, 0.15) is 13.8 Å². The van der Waals surface area contributed by atoms with E-state index in [0.717, 1.165) is 39.3 Å². The fraction of sp³-hybridized carbons (Fsp3) is 0.529. The van der Waals surface area contributed by atoms with Crippen LogP contribution in [-0.2, 0) is 4.79 Å². The molecule has 6 nitrogen and oxygen atoms in total. The van der Waals surface area contributed by atoms with Gasteiger partial charge >= 0.3 is 0 Å². The van der Waals surface area contributed by atoms with Gasteiger partial charge in [-0.25, -0.2) is 4.99 Å². The van der Waals surface area contributed by atoms with E-state index >= 15 is 0 Å². The first-order valence-corrected chi connectivity index (χ1v) is 8.34. The van der Waals surface area contributed by atoms with E-state index in [0.29, 0.717) is 5.96 Å². The Morgan fingerprint density at radius 3 is 2.22 bits per heavy atom. The third-order valence-electron chi connectivity index (χ3n) is 3.81. The quantitative estimate of drug-likeness (QED) is 0.626. The van der Waals surface area contributed by atoms with Crippen molar-refractivity contribution < 1.29 is 4.79 Å². The van der Waals surface area contributed by atoms with Gasteiger partial charge in [0.05, 0.1) is 0 Å². The third-order valence-corrected chi connectivity index (χ3v) is 3.81. The molecule has 1 aliphatic rings. The normalized spacial score (nSPS) is 14.3. The van der Waals surface area contributed by atoms with E-state index in [1.54, 1.807) is 0 Å². The summed E-state index contributed by atoms with van der Waals surface area (Å²) in [6, 6.07) is 10.3. The summed E-state index contributed by atoms with van der Waals surface area (Å²) < 4.78 is 0. The molecule has 2 N–H and O–H groups in total. The topological polar surface area (TPSA) is 60.0 Å². The minimum Gasteiger partial charge on any atom is -0.368 e. The average Bonchev–Trinajstić information content (AvgIpc) is 2.61. The van der Waals surface area contributed by atoms with Crippen molar-refractivity contribution in [3.05, 3.63) is 30.3 Å². The number of carbonyl (C=O) groups is 1. The van der Waals surface area contributed by atoms with Gasteiger partial charge in [0.1, 0.15) is 6.54 Å². The highest BCUT2D eigenvalue weighted by molar-refractivity contribution is 5.85. The Balaban J connectivity index is 1.82. The van der Waals surface area contributed by atoms with Gasteiger partial charge in [-0.1, -0.05) is 18.2 Å². The molecule has 0 saturated carbocycles. The fourth-order valence-electron chi connectivity index (χ4n) is 2.61. The predicted octanol–water partition coefficient (Wildman–Crippen LogP) is 0.910. The number of hydrogen-bond acceptors (Lipinski definition) is 3. The van der Waals surface area contributed by atoms with Crippen LogP contribution >= 0.6 is 0 Å². The van der Waals surface area contributed by atoms with Crippen LogP contribution in [0.15, 0.2) is 35.3 Å². The van der Waals surface area contributed by atoms with Gasteiger partial charge in [-0.3, -0.25) is 4.79 Å². The molecule has 0 aromatic heterocycles. The van der Waals surface area contributed by atoms with Gasteiger partial charge in [0.15, 0.2) is 5.96 Å². The highest BCUT2D eigenvalue weighted by atomic mass is 16.2. The zero-order valence-corrected chi connectivity index (χ0v) is 14.1. The molecule has 0 bridgehead atoms. The third kappa shape index (κ3) is 5.16. The zero-order valence-electron chi connectivity index (χ0n) is 14.1.